The molecule has 0 spiro atoms. The van der Waals surface area contributed by atoms with Crippen molar-refractivity contribution in [1.29, 1.82) is 0 Å². The first kappa shape index (κ1) is 13.3. The molecule has 8 heteroatoms. The lowest BCUT2D eigenvalue weighted by molar-refractivity contribution is 0.127. The number of sulfone groups is 1. The van der Waals surface area contributed by atoms with Crippen molar-refractivity contribution in [1.82, 2.24) is 10.1 Å². The minimum Gasteiger partial charge on any atom is -0.461 e. The zero-order chi connectivity index (χ0) is 14.0. The second-order valence-electron chi connectivity index (χ2n) is 4.68. The van der Waals surface area contributed by atoms with Gasteiger partial charge in [0.15, 0.2) is 15.6 Å². The summed E-state index contributed by atoms with van der Waals surface area (Å²) in [4.78, 5) is 4.02. The van der Waals surface area contributed by atoms with Crippen molar-refractivity contribution < 1.29 is 22.1 Å². The molecule has 3 rings (SSSR count). The normalized spacial score (nSPS) is 19.5. The van der Waals surface area contributed by atoms with Crippen LogP contribution < -0.4 is 0 Å². The lowest BCUT2D eigenvalue weighted by Gasteiger charge is -2.08. The van der Waals surface area contributed by atoms with E-state index in [9.17, 15) is 8.42 Å². The maximum absolute atomic E-state index is 12.0. The largest absolute Gasteiger partial charge is 0.461 e. The fourth-order valence-electron chi connectivity index (χ4n) is 2.13. The Kier molecular flexibility index (Phi) is 3.58. The summed E-state index contributed by atoms with van der Waals surface area (Å²) in [6.45, 7) is 0.628. The minimum absolute atomic E-state index is 0.00847. The third-order valence-corrected chi connectivity index (χ3v) is 4.58. The number of ether oxygens (including phenoxy) is 1. The van der Waals surface area contributed by atoms with E-state index in [2.05, 4.69) is 10.1 Å². The van der Waals surface area contributed by atoms with E-state index in [1.54, 1.807) is 12.1 Å². The Bertz CT molecular complexity index is 656. The molecule has 2 aromatic heterocycles. The van der Waals surface area contributed by atoms with E-state index in [1.165, 1.54) is 6.26 Å². The van der Waals surface area contributed by atoms with Gasteiger partial charge < -0.3 is 13.7 Å². The van der Waals surface area contributed by atoms with Gasteiger partial charge in [0.05, 0.1) is 18.1 Å². The molecule has 0 saturated carbocycles. The molecule has 0 bridgehead atoms. The molecule has 0 unspecified atom stereocenters. The Labute approximate surface area is 115 Å². The van der Waals surface area contributed by atoms with Gasteiger partial charge in [0.25, 0.3) is 0 Å². The Hall–Kier alpha value is -1.67. The Balaban J connectivity index is 1.68. The molecular formula is C12H14N2O5S. The van der Waals surface area contributed by atoms with Crippen LogP contribution in [0.4, 0.5) is 0 Å². The monoisotopic (exact) mass is 298 g/mol. The van der Waals surface area contributed by atoms with Crippen LogP contribution in [-0.4, -0.2) is 37.0 Å². The first-order valence-corrected chi connectivity index (χ1v) is 8.13. The van der Waals surface area contributed by atoms with Gasteiger partial charge in [0.2, 0.25) is 11.7 Å². The summed E-state index contributed by atoms with van der Waals surface area (Å²) in [6, 6.07) is 3.37. The molecule has 108 valence electrons. The third-order valence-electron chi connectivity index (χ3n) is 3.02. The molecule has 1 atom stereocenters. The van der Waals surface area contributed by atoms with E-state index in [0.29, 0.717) is 12.4 Å². The molecule has 0 N–H and O–H groups in total. The van der Waals surface area contributed by atoms with E-state index in [0.717, 1.165) is 12.8 Å². The third kappa shape index (κ3) is 3.07. The summed E-state index contributed by atoms with van der Waals surface area (Å²) in [5.41, 5.74) is 0. The average molecular weight is 298 g/mol. The highest BCUT2D eigenvalue weighted by Crippen LogP contribution is 2.19. The van der Waals surface area contributed by atoms with Gasteiger partial charge in [0, 0.05) is 6.61 Å². The molecule has 0 aromatic carbocycles. The molecule has 7 nitrogen and oxygen atoms in total. The number of hydrogen-bond acceptors (Lipinski definition) is 7. The van der Waals surface area contributed by atoms with E-state index < -0.39 is 9.84 Å². The molecule has 20 heavy (non-hydrogen) atoms. The highest BCUT2D eigenvalue weighted by molar-refractivity contribution is 7.90. The predicted molar refractivity (Wildman–Crippen MR) is 68.5 cm³/mol. The summed E-state index contributed by atoms with van der Waals surface area (Å²) >= 11 is 0. The Morgan fingerprint density at radius 3 is 3.00 bits per heavy atom. The molecule has 0 radical (unpaired) electrons. The summed E-state index contributed by atoms with van der Waals surface area (Å²) in [7, 11) is -3.33. The lowest BCUT2D eigenvalue weighted by Crippen LogP contribution is -2.21. The maximum atomic E-state index is 12.0. The quantitative estimate of drug-likeness (QED) is 0.823. The number of hydrogen-bond donors (Lipinski definition) is 0. The fourth-order valence-corrected chi connectivity index (χ4v) is 3.57. The zero-order valence-electron chi connectivity index (χ0n) is 10.7. The van der Waals surface area contributed by atoms with Crippen molar-refractivity contribution in [2.75, 3.05) is 12.4 Å². The molecule has 1 aliphatic rings. The fraction of sp³-hybridized carbons (Fsp3) is 0.500. The molecule has 3 heterocycles. The van der Waals surface area contributed by atoms with Gasteiger partial charge >= 0.3 is 0 Å². The second kappa shape index (κ2) is 5.37. The average Bonchev–Trinajstić information content (AvgIpc) is 3.07. The topological polar surface area (TPSA) is 95.4 Å². The number of aromatic nitrogens is 2. The van der Waals surface area contributed by atoms with Gasteiger partial charge in [-0.25, -0.2) is 8.42 Å². The van der Waals surface area contributed by atoms with Crippen LogP contribution in [0.3, 0.4) is 0 Å². The van der Waals surface area contributed by atoms with Crippen LogP contribution >= 0.6 is 0 Å². The van der Waals surface area contributed by atoms with Crippen LogP contribution in [0.2, 0.25) is 0 Å². The number of rotatable bonds is 5. The highest BCUT2D eigenvalue weighted by atomic mass is 32.2. The SMILES string of the molecule is O=S(=O)(Cc1nc(-c2ccco2)no1)C[C@H]1CCCO1. The van der Waals surface area contributed by atoms with Crippen molar-refractivity contribution in [3.8, 4) is 11.6 Å². The smallest absolute Gasteiger partial charge is 0.242 e. The minimum atomic E-state index is -3.33. The highest BCUT2D eigenvalue weighted by Gasteiger charge is 2.25. The standard InChI is InChI=1S/C12H14N2O5S/c15-20(16,7-9-3-1-5-17-9)8-11-13-12(14-19-11)10-4-2-6-18-10/h2,4,6,9H,1,3,5,7-8H2/t9-/m1/s1. The van der Waals surface area contributed by atoms with Crippen molar-refractivity contribution >= 4 is 9.84 Å². The maximum Gasteiger partial charge on any atom is 0.242 e. The van der Waals surface area contributed by atoms with Gasteiger partial charge in [-0.1, -0.05) is 5.16 Å². The first-order chi connectivity index (χ1) is 9.62. The van der Waals surface area contributed by atoms with E-state index in [1.807, 2.05) is 0 Å². The molecule has 1 fully saturated rings. The lowest BCUT2D eigenvalue weighted by atomic mass is 10.3. The van der Waals surface area contributed by atoms with Gasteiger partial charge in [-0.15, -0.1) is 0 Å². The van der Waals surface area contributed by atoms with Crippen LogP contribution in [0.1, 0.15) is 18.7 Å². The summed E-state index contributed by atoms with van der Waals surface area (Å²) in [5.74, 6) is 0.467. The molecule has 1 aliphatic heterocycles. The number of nitrogens with zero attached hydrogens (tertiary/aromatic N) is 2. The first-order valence-electron chi connectivity index (χ1n) is 6.31. The molecule has 2 aromatic rings. The van der Waals surface area contributed by atoms with Crippen LogP contribution in [0.5, 0.6) is 0 Å². The predicted octanol–water partition coefficient (Wildman–Crippen LogP) is 1.42. The van der Waals surface area contributed by atoms with E-state index >= 15 is 0 Å². The molecule has 1 saturated heterocycles. The number of furan rings is 1. The molecule has 0 aliphatic carbocycles. The zero-order valence-corrected chi connectivity index (χ0v) is 11.5. The van der Waals surface area contributed by atoms with Crippen molar-refractivity contribution in [2.45, 2.75) is 24.7 Å². The van der Waals surface area contributed by atoms with Crippen LogP contribution in [0.15, 0.2) is 27.3 Å². The Morgan fingerprint density at radius 2 is 2.30 bits per heavy atom. The van der Waals surface area contributed by atoms with Crippen molar-refractivity contribution in [3.63, 3.8) is 0 Å². The van der Waals surface area contributed by atoms with Gasteiger partial charge in [-0.05, 0) is 25.0 Å². The van der Waals surface area contributed by atoms with Crippen molar-refractivity contribution in [3.05, 3.63) is 24.3 Å². The van der Waals surface area contributed by atoms with Gasteiger partial charge in [-0.2, -0.15) is 4.98 Å². The molecular weight excluding hydrogens is 284 g/mol. The summed E-state index contributed by atoms with van der Waals surface area (Å²) in [6.07, 6.45) is 2.95. The second-order valence-corrected chi connectivity index (χ2v) is 6.79. The van der Waals surface area contributed by atoms with Crippen LogP contribution in [0, 0.1) is 0 Å². The van der Waals surface area contributed by atoms with Crippen molar-refractivity contribution in [2.24, 2.45) is 0 Å². The van der Waals surface area contributed by atoms with Crippen LogP contribution in [-0.2, 0) is 20.3 Å². The summed E-state index contributed by atoms with van der Waals surface area (Å²) in [5, 5.41) is 3.70. The van der Waals surface area contributed by atoms with Gasteiger partial charge in [0.1, 0.15) is 5.75 Å². The Morgan fingerprint density at radius 1 is 1.40 bits per heavy atom. The van der Waals surface area contributed by atoms with Crippen LogP contribution in [0.25, 0.3) is 11.6 Å². The van der Waals surface area contributed by atoms with Gasteiger partial charge in [-0.3, -0.25) is 0 Å². The van der Waals surface area contributed by atoms with E-state index in [4.69, 9.17) is 13.7 Å². The molecule has 0 amide bonds. The summed E-state index contributed by atoms with van der Waals surface area (Å²) < 4.78 is 39.4. The van der Waals surface area contributed by atoms with E-state index in [-0.39, 0.29) is 29.3 Å².